The number of hydrogen-bond donors (Lipinski definition) is 3. The summed E-state index contributed by atoms with van der Waals surface area (Å²) in [5.74, 6) is -0.402. The summed E-state index contributed by atoms with van der Waals surface area (Å²) < 4.78 is 5.25. The Morgan fingerprint density at radius 3 is 2.72 bits per heavy atom. The molecule has 18 heavy (non-hydrogen) atoms. The maximum absolute atomic E-state index is 11.6. The second-order valence-electron chi connectivity index (χ2n) is 5.35. The van der Waals surface area contributed by atoms with Gasteiger partial charge < -0.3 is 20.5 Å². The minimum Gasteiger partial charge on any atom is -0.481 e. The van der Waals surface area contributed by atoms with Gasteiger partial charge in [-0.05, 0) is 32.6 Å². The Balaban J connectivity index is 2.17. The van der Waals surface area contributed by atoms with Crippen LogP contribution in [0.2, 0.25) is 0 Å². The van der Waals surface area contributed by atoms with Gasteiger partial charge in [0.05, 0.1) is 6.42 Å². The number of carbonyl (C=O) groups excluding carboxylic acids is 1. The van der Waals surface area contributed by atoms with Crippen LogP contribution in [0.3, 0.4) is 0 Å². The van der Waals surface area contributed by atoms with Crippen LogP contribution < -0.4 is 10.6 Å². The molecule has 1 aliphatic rings. The van der Waals surface area contributed by atoms with Crippen molar-refractivity contribution < 1.29 is 19.4 Å². The molecule has 1 unspecified atom stereocenters. The fourth-order valence-corrected chi connectivity index (χ4v) is 1.97. The lowest BCUT2D eigenvalue weighted by Crippen LogP contribution is -2.49. The highest BCUT2D eigenvalue weighted by atomic mass is 16.5. The zero-order valence-electron chi connectivity index (χ0n) is 11.0. The summed E-state index contributed by atoms with van der Waals surface area (Å²) >= 11 is 0. The van der Waals surface area contributed by atoms with Crippen molar-refractivity contribution in [2.75, 3.05) is 19.8 Å². The number of rotatable bonds is 6. The molecule has 1 aliphatic heterocycles. The quantitative estimate of drug-likeness (QED) is 0.662. The zero-order valence-corrected chi connectivity index (χ0v) is 11.0. The summed E-state index contributed by atoms with van der Waals surface area (Å²) in [7, 11) is 0. The number of ether oxygens (including phenoxy) is 1. The van der Waals surface area contributed by atoms with E-state index in [1.54, 1.807) is 13.8 Å². The van der Waals surface area contributed by atoms with Crippen molar-refractivity contribution in [3.05, 3.63) is 0 Å². The molecule has 6 heteroatoms. The van der Waals surface area contributed by atoms with Crippen molar-refractivity contribution >= 4 is 12.0 Å². The van der Waals surface area contributed by atoms with Crippen LogP contribution in [0.1, 0.15) is 33.1 Å². The zero-order chi connectivity index (χ0) is 13.6. The van der Waals surface area contributed by atoms with Gasteiger partial charge in [-0.25, -0.2) is 4.79 Å². The third kappa shape index (κ3) is 5.86. The van der Waals surface area contributed by atoms with E-state index in [0.29, 0.717) is 12.5 Å². The first-order valence-electron chi connectivity index (χ1n) is 6.24. The van der Waals surface area contributed by atoms with Gasteiger partial charge in [0.1, 0.15) is 0 Å². The summed E-state index contributed by atoms with van der Waals surface area (Å²) in [6.45, 7) is 5.54. The molecule has 1 saturated heterocycles. The van der Waals surface area contributed by atoms with Crippen molar-refractivity contribution in [3.63, 3.8) is 0 Å². The van der Waals surface area contributed by atoms with Crippen molar-refractivity contribution in [1.82, 2.24) is 10.6 Å². The Morgan fingerprint density at radius 1 is 1.44 bits per heavy atom. The Labute approximate surface area is 107 Å². The summed E-state index contributed by atoms with van der Waals surface area (Å²) in [6, 6.07) is -0.319. The van der Waals surface area contributed by atoms with Crippen LogP contribution in [0.5, 0.6) is 0 Å². The summed E-state index contributed by atoms with van der Waals surface area (Å²) in [6.07, 6.45) is 1.84. The Morgan fingerprint density at radius 2 is 2.17 bits per heavy atom. The van der Waals surface area contributed by atoms with Gasteiger partial charge in [-0.15, -0.1) is 0 Å². The monoisotopic (exact) mass is 258 g/mol. The van der Waals surface area contributed by atoms with Crippen molar-refractivity contribution in [1.29, 1.82) is 0 Å². The second-order valence-corrected chi connectivity index (χ2v) is 5.35. The van der Waals surface area contributed by atoms with Crippen LogP contribution in [0.15, 0.2) is 0 Å². The van der Waals surface area contributed by atoms with Crippen molar-refractivity contribution in [2.45, 2.75) is 38.6 Å². The molecule has 2 amide bonds. The van der Waals surface area contributed by atoms with E-state index in [4.69, 9.17) is 9.84 Å². The Kier molecular flexibility index (Phi) is 5.40. The second kappa shape index (κ2) is 6.58. The Bertz CT molecular complexity index is 298. The molecule has 0 aromatic carbocycles. The van der Waals surface area contributed by atoms with Gasteiger partial charge in [0.25, 0.3) is 0 Å². The SMILES string of the molecule is CC(C)(CC(=O)O)NC(=O)NCCC1CCOC1. The van der Waals surface area contributed by atoms with E-state index in [0.717, 1.165) is 26.1 Å². The maximum atomic E-state index is 11.6. The minimum atomic E-state index is -0.927. The summed E-state index contributed by atoms with van der Waals surface area (Å²) in [4.78, 5) is 22.2. The molecule has 0 aromatic heterocycles. The van der Waals surface area contributed by atoms with E-state index in [-0.39, 0.29) is 12.5 Å². The summed E-state index contributed by atoms with van der Waals surface area (Å²) in [5, 5.41) is 14.1. The van der Waals surface area contributed by atoms with Crippen LogP contribution in [0.4, 0.5) is 4.79 Å². The van der Waals surface area contributed by atoms with Gasteiger partial charge in [-0.3, -0.25) is 4.79 Å². The van der Waals surface area contributed by atoms with Crippen LogP contribution in [0, 0.1) is 5.92 Å². The Hall–Kier alpha value is -1.30. The van der Waals surface area contributed by atoms with Crippen LogP contribution in [-0.4, -0.2) is 42.4 Å². The molecule has 0 bridgehead atoms. The normalized spacial score (nSPS) is 19.6. The topological polar surface area (TPSA) is 87.7 Å². The largest absolute Gasteiger partial charge is 0.481 e. The molecule has 1 heterocycles. The van der Waals surface area contributed by atoms with E-state index >= 15 is 0 Å². The lowest BCUT2D eigenvalue weighted by Gasteiger charge is -2.24. The number of carboxylic acid groups (broad SMARTS) is 1. The molecular weight excluding hydrogens is 236 g/mol. The van der Waals surface area contributed by atoms with E-state index in [9.17, 15) is 9.59 Å². The number of amides is 2. The first-order chi connectivity index (χ1) is 8.39. The van der Waals surface area contributed by atoms with E-state index in [1.807, 2.05) is 0 Å². The predicted octanol–water partition coefficient (Wildman–Crippen LogP) is 0.965. The lowest BCUT2D eigenvalue weighted by molar-refractivity contribution is -0.138. The molecule has 1 fully saturated rings. The van der Waals surface area contributed by atoms with Crippen LogP contribution >= 0.6 is 0 Å². The number of carbonyl (C=O) groups is 2. The van der Waals surface area contributed by atoms with Crippen molar-refractivity contribution in [2.24, 2.45) is 5.92 Å². The fourth-order valence-electron chi connectivity index (χ4n) is 1.97. The molecule has 0 saturated carbocycles. The molecule has 104 valence electrons. The van der Waals surface area contributed by atoms with Crippen LogP contribution in [0.25, 0.3) is 0 Å². The van der Waals surface area contributed by atoms with Gasteiger partial charge in [0.2, 0.25) is 0 Å². The third-order valence-electron chi connectivity index (χ3n) is 2.91. The van der Waals surface area contributed by atoms with E-state index in [2.05, 4.69) is 10.6 Å². The van der Waals surface area contributed by atoms with Crippen molar-refractivity contribution in [3.8, 4) is 0 Å². The third-order valence-corrected chi connectivity index (χ3v) is 2.91. The highest BCUT2D eigenvalue weighted by molar-refractivity contribution is 5.76. The van der Waals surface area contributed by atoms with Gasteiger partial charge >= 0.3 is 12.0 Å². The highest BCUT2D eigenvalue weighted by Crippen LogP contribution is 2.15. The smallest absolute Gasteiger partial charge is 0.315 e. The first kappa shape index (κ1) is 14.8. The number of hydrogen-bond acceptors (Lipinski definition) is 3. The van der Waals surface area contributed by atoms with Gasteiger partial charge in [0.15, 0.2) is 0 Å². The number of carboxylic acids is 1. The fraction of sp³-hybridized carbons (Fsp3) is 0.833. The van der Waals surface area contributed by atoms with Gasteiger partial charge in [0, 0.05) is 25.3 Å². The molecule has 6 nitrogen and oxygen atoms in total. The lowest BCUT2D eigenvalue weighted by atomic mass is 10.0. The predicted molar refractivity (Wildman–Crippen MR) is 66.4 cm³/mol. The maximum Gasteiger partial charge on any atom is 0.315 e. The molecule has 3 N–H and O–H groups in total. The molecule has 1 rings (SSSR count). The highest BCUT2D eigenvalue weighted by Gasteiger charge is 2.23. The molecule has 0 spiro atoms. The molecule has 1 atom stereocenters. The molecular formula is C12H22N2O4. The standard InChI is InChI=1S/C12H22N2O4/c1-12(2,7-10(15)16)14-11(17)13-5-3-9-4-6-18-8-9/h9H,3-8H2,1-2H3,(H,15,16)(H2,13,14,17). The average molecular weight is 258 g/mol. The minimum absolute atomic E-state index is 0.100. The number of nitrogens with one attached hydrogen (secondary N) is 2. The summed E-state index contributed by atoms with van der Waals surface area (Å²) in [5.41, 5.74) is -0.744. The van der Waals surface area contributed by atoms with E-state index in [1.165, 1.54) is 0 Å². The number of aliphatic carboxylic acids is 1. The average Bonchev–Trinajstić information content (AvgIpc) is 2.66. The van der Waals surface area contributed by atoms with Gasteiger partial charge in [-0.2, -0.15) is 0 Å². The van der Waals surface area contributed by atoms with Gasteiger partial charge in [-0.1, -0.05) is 0 Å². The van der Waals surface area contributed by atoms with Crippen LogP contribution in [-0.2, 0) is 9.53 Å². The molecule has 0 radical (unpaired) electrons. The first-order valence-corrected chi connectivity index (χ1v) is 6.24. The van der Waals surface area contributed by atoms with E-state index < -0.39 is 11.5 Å². The number of urea groups is 1. The molecule has 0 aliphatic carbocycles. The molecule has 0 aromatic rings.